The number of amides is 1. The van der Waals surface area contributed by atoms with E-state index in [4.69, 9.17) is 28.4 Å². The average Bonchev–Trinajstić information content (AvgIpc) is 1.62. The van der Waals surface area contributed by atoms with Gasteiger partial charge in [-0.3, -0.25) is 23.0 Å². The minimum absolute atomic E-state index is 0.0315. The zero-order valence-corrected chi connectivity index (χ0v) is 51.9. The van der Waals surface area contributed by atoms with Crippen LogP contribution in [0.25, 0.3) is 0 Å². The van der Waals surface area contributed by atoms with Crippen LogP contribution in [0.15, 0.2) is 82.3 Å². The minimum atomic E-state index is -4.67. The number of nitrogens with zero attached hydrogens (tertiary/aromatic N) is 2. The Labute approximate surface area is 507 Å². The van der Waals surface area contributed by atoms with Gasteiger partial charge in [-0.15, -0.1) is 0 Å². The lowest BCUT2D eigenvalue weighted by atomic mass is 9.83. The van der Waals surface area contributed by atoms with Crippen LogP contribution in [0.2, 0.25) is 0 Å². The van der Waals surface area contributed by atoms with Gasteiger partial charge in [-0.25, -0.2) is 4.58 Å². The molecule has 6 rings (SSSR count). The van der Waals surface area contributed by atoms with Crippen molar-refractivity contribution in [1.29, 1.82) is 0 Å². The third-order valence-electron chi connectivity index (χ3n) is 15.8. The Balaban J connectivity index is 1.07. The maximum Gasteiger partial charge on any atom is 0.294 e. The molecule has 2 unspecified atom stereocenters. The number of anilines is 1. The average molecular weight is 1310 g/mol. The number of methoxy groups -OCH3 is 1. The normalized spacial score (nSPS) is 27.4. The molecule has 0 aromatic heterocycles. The van der Waals surface area contributed by atoms with Gasteiger partial charge in [0.05, 0.1) is 59.9 Å². The van der Waals surface area contributed by atoms with Crippen molar-refractivity contribution < 1.29 is 120 Å². The van der Waals surface area contributed by atoms with Gasteiger partial charge in [0, 0.05) is 74.8 Å². The molecule has 4 heterocycles. The number of hydrogen-bond acceptors (Lipinski definition) is 22. The van der Waals surface area contributed by atoms with Crippen LogP contribution in [-0.2, 0) is 84.6 Å². The summed E-state index contributed by atoms with van der Waals surface area (Å²) in [7, 11) is -16.6. The molecule has 0 aliphatic carbocycles. The molecular formula is C55H82N3O25S4+. The van der Waals surface area contributed by atoms with Crippen molar-refractivity contribution in [1.82, 2.24) is 5.32 Å². The first-order chi connectivity index (χ1) is 40.8. The highest BCUT2D eigenvalue weighted by Crippen LogP contribution is 2.49. The lowest BCUT2D eigenvalue weighted by Gasteiger charge is -2.46. The zero-order valence-electron chi connectivity index (χ0n) is 48.7. The van der Waals surface area contributed by atoms with E-state index in [2.05, 4.69) is 5.32 Å². The van der Waals surface area contributed by atoms with Crippen molar-refractivity contribution in [2.75, 3.05) is 76.2 Å². The molecule has 0 spiro atoms. The van der Waals surface area contributed by atoms with E-state index in [1.54, 1.807) is 37.3 Å². The number of carbonyl (C=O) groups is 1. The van der Waals surface area contributed by atoms with Crippen molar-refractivity contribution in [2.45, 2.75) is 161 Å². The molecule has 0 bridgehead atoms. The Bertz CT molecular complexity index is 3280. The van der Waals surface area contributed by atoms with Crippen molar-refractivity contribution in [3.8, 4) is 0 Å². The van der Waals surface area contributed by atoms with Crippen LogP contribution in [0, 0.1) is 0 Å². The first-order valence-electron chi connectivity index (χ1n) is 28.3. The van der Waals surface area contributed by atoms with Crippen LogP contribution in [0.3, 0.4) is 0 Å². The van der Waals surface area contributed by atoms with Gasteiger partial charge in [0.25, 0.3) is 40.5 Å². The zero-order chi connectivity index (χ0) is 64.3. The summed E-state index contributed by atoms with van der Waals surface area (Å²) >= 11 is 0. The van der Waals surface area contributed by atoms with E-state index in [1.807, 2.05) is 29.4 Å². The largest absolute Gasteiger partial charge is 0.394 e. The number of fused-ring (bicyclic) bond motifs is 2. The standard InChI is InChI=1S/C55H81N3O25S4/c1-54(2)39-32-36(87(75,76)77)19-21-41(39)57(24-11-6-9-17-45(61)56-23-26-79-27-28-80-52-51(49(65)47(63)42(33-59)81-52)83-53-50(78-4)48(64)46(62)43(34-60)82-53)44(54)16-8-5-7-15-40-37-20-18-35(86(72,73)74)31-38(37)55(3,22-10-13-29-84(66,67)68)58(40)25-12-14-30-85(69,70)71/h5,7-8,15-16,18-21,31-32,42-43,46-53,59-60,62-65H,6,9-14,17,22-30,33-34H2,1-4H3,(H4-,56,61,66,67,68,69,70,71,72,73,74,75,76,77)/p+1/t42-,43+,46+,47+,48-,49-,50-,51-,52?,53+,55?/m0/s1. The van der Waals surface area contributed by atoms with Crippen molar-refractivity contribution in [3.63, 3.8) is 0 Å². The quantitative estimate of drug-likeness (QED) is 0.0203. The van der Waals surface area contributed by atoms with Crippen LogP contribution in [-0.4, -0.2) is 231 Å². The summed E-state index contributed by atoms with van der Waals surface area (Å²) in [5.41, 5.74) is 1.92. The molecule has 11 N–H and O–H groups in total. The summed E-state index contributed by atoms with van der Waals surface area (Å²) in [5, 5.41) is 64.6. The van der Waals surface area contributed by atoms with Gasteiger partial charge in [-0.05, 0) is 80.1 Å². The predicted molar refractivity (Wildman–Crippen MR) is 311 cm³/mol. The summed E-state index contributed by atoms with van der Waals surface area (Å²) in [6.45, 7) is 4.93. The Morgan fingerprint density at radius 2 is 1.29 bits per heavy atom. The smallest absolute Gasteiger partial charge is 0.294 e. The number of ether oxygens (including phenoxy) is 6. The van der Waals surface area contributed by atoms with E-state index in [0.29, 0.717) is 53.9 Å². The molecule has 4 aliphatic rings. The number of aliphatic hydroxyl groups is 6. The number of aliphatic hydroxyl groups excluding tert-OH is 6. The second-order valence-electron chi connectivity index (χ2n) is 22.3. The van der Waals surface area contributed by atoms with Crippen molar-refractivity contribution >= 4 is 57.8 Å². The SMILES string of the molecule is CO[C@@H]1[C@@H](O[C@@H]2C(OCCOCCNC(=O)CCCCCN3\C(=C/C=C/C=C/C4=[N+](CCCCS(=O)(=O)O)C(C)(CCCCS(=O)(=O)O)c5cc(S(=O)(=O)O)ccc54)C(C)(C)c4cc(S(=O)(=O)O)ccc43)O[C@@H](CO)[C@@H](O)[C@@H]2O)O[C@H](CO)[C@@H](O)[C@@H]1O. The predicted octanol–water partition coefficient (Wildman–Crippen LogP) is 0.719. The van der Waals surface area contributed by atoms with E-state index < -0.39 is 138 Å². The lowest BCUT2D eigenvalue weighted by Crippen LogP contribution is -2.65. The molecule has 11 atom stereocenters. The highest BCUT2D eigenvalue weighted by molar-refractivity contribution is 7.86. The van der Waals surface area contributed by atoms with Crippen LogP contribution in [0.5, 0.6) is 0 Å². The molecule has 0 saturated carbocycles. The summed E-state index contributed by atoms with van der Waals surface area (Å²) in [6, 6.07) is 8.47. The van der Waals surface area contributed by atoms with Gasteiger partial charge in [0.2, 0.25) is 11.6 Å². The molecule has 4 aliphatic heterocycles. The molecule has 2 saturated heterocycles. The van der Waals surface area contributed by atoms with E-state index in [0.717, 1.165) is 5.70 Å². The van der Waals surface area contributed by atoms with E-state index >= 15 is 0 Å². The molecule has 490 valence electrons. The molecule has 2 aromatic carbocycles. The van der Waals surface area contributed by atoms with Crippen molar-refractivity contribution in [3.05, 3.63) is 89.2 Å². The van der Waals surface area contributed by atoms with Gasteiger partial charge < -0.3 is 69.3 Å². The lowest BCUT2D eigenvalue weighted by molar-refractivity contribution is -0.610. The Morgan fingerprint density at radius 1 is 0.690 bits per heavy atom. The summed E-state index contributed by atoms with van der Waals surface area (Å²) < 4.78 is 170. The summed E-state index contributed by atoms with van der Waals surface area (Å²) in [5.74, 6) is -1.27. The van der Waals surface area contributed by atoms with Crippen molar-refractivity contribution in [2.24, 2.45) is 0 Å². The number of nitrogens with one attached hydrogen (secondary N) is 1. The van der Waals surface area contributed by atoms with E-state index in [-0.39, 0.29) is 87.1 Å². The molecule has 2 aromatic rings. The Kier molecular flexibility index (Phi) is 25.4. The summed E-state index contributed by atoms with van der Waals surface area (Å²) in [6.07, 6.45) is -2.96. The number of allylic oxidation sites excluding steroid dienone is 6. The number of carbonyl (C=O) groups excluding carboxylic acids is 1. The fourth-order valence-corrected chi connectivity index (χ4v) is 13.4. The maximum atomic E-state index is 12.9. The second kappa shape index (κ2) is 30.7. The van der Waals surface area contributed by atoms with Gasteiger partial charge in [0.1, 0.15) is 55.4 Å². The first-order valence-corrected chi connectivity index (χ1v) is 34.4. The van der Waals surface area contributed by atoms with Crippen LogP contribution in [0.1, 0.15) is 95.2 Å². The van der Waals surface area contributed by atoms with Gasteiger partial charge in [-0.2, -0.15) is 33.7 Å². The fourth-order valence-electron chi connectivity index (χ4n) is 11.3. The molecule has 2 fully saturated rings. The van der Waals surface area contributed by atoms with E-state index in [1.165, 1.54) is 37.4 Å². The molecule has 32 heteroatoms. The molecule has 0 radical (unpaired) electrons. The van der Waals surface area contributed by atoms with Crippen LogP contribution >= 0.6 is 0 Å². The number of unbranched alkanes of at least 4 members (excludes halogenated alkanes) is 4. The maximum absolute atomic E-state index is 12.9. The first kappa shape index (κ1) is 71.8. The summed E-state index contributed by atoms with van der Waals surface area (Å²) in [4.78, 5) is 14.2. The topological polar surface area (TPSA) is 430 Å². The van der Waals surface area contributed by atoms with E-state index in [9.17, 15) is 87.3 Å². The Morgan fingerprint density at radius 3 is 1.90 bits per heavy atom. The highest BCUT2D eigenvalue weighted by atomic mass is 32.2. The molecule has 28 nitrogen and oxygen atoms in total. The Hall–Kier alpha value is -4.24. The van der Waals surface area contributed by atoms with Gasteiger partial charge >= 0.3 is 0 Å². The monoisotopic (exact) mass is 1310 g/mol. The number of benzene rings is 2. The number of rotatable bonds is 33. The third-order valence-corrected chi connectivity index (χ3v) is 19.2. The van der Waals surface area contributed by atoms with Crippen LogP contribution < -0.4 is 10.2 Å². The molecule has 1 amide bonds. The highest BCUT2D eigenvalue weighted by Gasteiger charge is 2.52. The third kappa shape index (κ3) is 18.7. The fraction of sp³-hybridized carbons (Fsp3) is 0.636. The minimum Gasteiger partial charge on any atom is -0.394 e. The molecule has 87 heavy (non-hydrogen) atoms. The number of hydrogen-bond donors (Lipinski definition) is 11. The van der Waals surface area contributed by atoms with Gasteiger partial charge in [-0.1, -0.05) is 38.5 Å². The molecular weight excluding hydrogens is 1230 g/mol. The second-order valence-corrected chi connectivity index (χ2v) is 28.3. The van der Waals surface area contributed by atoms with Gasteiger partial charge in [0.15, 0.2) is 18.1 Å². The van der Waals surface area contributed by atoms with Crippen LogP contribution in [0.4, 0.5) is 5.69 Å².